The van der Waals surface area contributed by atoms with E-state index in [0.29, 0.717) is 12.5 Å². The summed E-state index contributed by atoms with van der Waals surface area (Å²) in [4.78, 5) is 9.31. The van der Waals surface area contributed by atoms with Gasteiger partial charge in [0.05, 0.1) is 12.3 Å². The van der Waals surface area contributed by atoms with Crippen LogP contribution in [0.25, 0.3) is 11.3 Å². The minimum atomic E-state index is 0.291. The number of anilines is 1. The van der Waals surface area contributed by atoms with Gasteiger partial charge in [0.15, 0.2) is 0 Å². The number of nitrogens with one attached hydrogen (secondary N) is 1. The maximum absolute atomic E-state index is 5.49. The second-order valence-corrected chi connectivity index (χ2v) is 5.27. The quantitative estimate of drug-likeness (QED) is 0.901. The first-order chi connectivity index (χ1) is 10.1. The van der Waals surface area contributed by atoms with Gasteiger partial charge in [-0.15, -0.1) is 0 Å². The molecule has 0 saturated carbocycles. The van der Waals surface area contributed by atoms with Crippen LogP contribution >= 0.6 is 0 Å². The van der Waals surface area contributed by atoms with Crippen LogP contribution in [0.4, 0.5) is 5.82 Å². The van der Waals surface area contributed by atoms with Crippen LogP contribution in [0.1, 0.15) is 38.1 Å². The van der Waals surface area contributed by atoms with Crippen molar-refractivity contribution in [3.05, 3.63) is 35.7 Å². The lowest BCUT2D eigenvalue weighted by atomic mass is 10.1. The fourth-order valence-corrected chi connectivity index (χ4v) is 2.19. The Morgan fingerprint density at radius 1 is 1.14 bits per heavy atom. The molecule has 4 nitrogen and oxygen atoms in total. The molecule has 21 heavy (non-hydrogen) atoms. The fourth-order valence-electron chi connectivity index (χ4n) is 2.19. The third-order valence-corrected chi connectivity index (χ3v) is 3.36. The molecule has 0 aliphatic carbocycles. The molecule has 112 valence electrons. The number of hydrogen-bond acceptors (Lipinski definition) is 4. The van der Waals surface area contributed by atoms with Gasteiger partial charge in [-0.1, -0.05) is 13.8 Å². The van der Waals surface area contributed by atoms with Crippen molar-refractivity contribution in [3.63, 3.8) is 0 Å². The second-order valence-electron chi connectivity index (χ2n) is 5.27. The molecule has 4 heteroatoms. The van der Waals surface area contributed by atoms with Crippen LogP contribution in [-0.4, -0.2) is 23.6 Å². The van der Waals surface area contributed by atoms with Crippen molar-refractivity contribution in [2.75, 3.05) is 19.0 Å². The SMILES string of the molecule is CCOc1ccc(-c2nc(C(C)C)nc(NC)c2C)cc1. The van der Waals surface area contributed by atoms with Gasteiger partial charge in [0.1, 0.15) is 17.4 Å². The number of aromatic nitrogens is 2. The fraction of sp³-hybridized carbons (Fsp3) is 0.412. The summed E-state index contributed by atoms with van der Waals surface area (Å²) >= 11 is 0. The number of hydrogen-bond donors (Lipinski definition) is 1. The van der Waals surface area contributed by atoms with Crippen LogP contribution in [0.5, 0.6) is 5.75 Å². The lowest BCUT2D eigenvalue weighted by Gasteiger charge is -2.14. The summed E-state index contributed by atoms with van der Waals surface area (Å²) in [6.07, 6.45) is 0. The van der Waals surface area contributed by atoms with E-state index in [1.807, 2.05) is 45.2 Å². The summed E-state index contributed by atoms with van der Waals surface area (Å²) in [6, 6.07) is 8.05. The highest BCUT2D eigenvalue weighted by Gasteiger charge is 2.13. The average Bonchev–Trinajstić information content (AvgIpc) is 2.48. The van der Waals surface area contributed by atoms with Gasteiger partial charge in [-0.3, -0.25) is 0 Å². The van der Waals surface area contributed by atoms with E-state index in [4.69, 9.17) is 9.72 Å². The van der Waals surface area contributed by atoms with Crippen LogP contribution in [0, 0.1) is 6.92 Å². The van der Waals surface area contributed by atoms with Gasteiger partial charge in [0.2, 0.25) is 0 Å². The summed E-state index contributed by atoms with van der Waals surface area (Å²) in [5.41, 5.74) is 3.11. The average molecular weight is 285 g/mol. The van der Waals surface area contributed by atoms with E-state index < -0.39 is 0 Å². The lowest BCUT2D eigenvalue weighted by Crippen LogP contribution is -2.06. The van der Waals surface area contributed by atoms with Gasteiger partial charge in [-0.2, -0.15) is 0 Å². The van der Waals surface area contributed by atoms with Crippen molar-refractivity contribution in [3.8, 4) is 17.0 Å². The zero-order valence-corrected chi connectivity index (χ0v) is 13.4. The van der Waals surface area contributed by atoms with Crippen molar-refractivity contribution in [1.29, 1.82) is 0 Å². The van der Waals surface area contributed by atoms with Crippen molar-refractivity contribution >= 4 is 5.82 Å². The summed E-state index contributed by atoms with van der Waals surface area (Å²) in [6.45, 7) is 8.91. The topological polar surface area (TPSA) is 47.0 Å². The number of rotatable bonds is 5. The maximum Gasteiger partial charge on any atom is 0.133 e. The molecule has 1 N–H and O–H groups in total. The number of benzene rings is 1. The normalized spacial score (nSPS) is 10.8. The third kappa shape index (κ3) is 3.32. The van der Waals surface area contributed by atoms with Crippen molar-refractivity contribution in [2.45, 2.75) is 33.6 Å². The molecule has 0 unspecified atom stereocenters. The minimum Gasteiger partial charge on any atom is -0.494 e. The first-order valence-corrected chi connectivity index (χ1v) is 7.36. The van der Waals surface area contributed by atoms with Gasteiger partial charge >= 0.3 is 0 Å². The van der Waals surface area contributed by atoms with E-state index in [1.54, 1.807) is 0 Å². The van der Waals surface area contributed by atoms with Gasteiger partial charge in [0.25, 0.3) is 0 Å². The minimum absolute atomic E-state index is 0.291. The van der Waals surface area contributed by atoms with Gasteiger partial charge < -0.3 is 10.1 Å². The predicted octanol–water partition coefficient (Wildman–Crippen LogP) is 4.02. The zero-order chi connectivity index (χ0) is 15.4. The molecule has 0 atom stereocenters. The largest absolute Gasteiger partial charge is 0.494 e. The molecular formula is C17H23N3O. The Bertz CT molecular complexity index is 606. The Hall–Kier alpha value is -2.10. The monoisotopic (exact) mass is 285 g/mol. The van der Waals surface area contributed by atoms with Crippen molar-refractivity contribution < 1.29 is 4.74 Å². The van der Waals surface area contributed by atoms with E-state index >= 15 is 0 Å². The molecule has 0 aliphatic heterocycles. The molecule has 1 aromatic carbocycles. The van der Waals surface area contributed by atoms with E-state index in [1.165, 1.54) is 0 Å². The van der Waals surface area contributed by atoms with Gasteiger partial charge in [-0.05, 0) is 38.1 Å². The van der Waals surface area contributed by atoms with E-state index in [0.717, 1.165) is 34.2 Å². The highest BCUT2D eigenvalue weighted by Crippen LogP contribution is 2.28. The highest BCUT2D eigenvalue weighted by atomic mass is 16.5. The Kier molecular flexibility index (Phi) is 4.78. The molecule has 0 amide bonds. The molecule has 0 saturated heterocycles. The Balaban J connectivity index is 2.48. The van der Waals surface area contributed by atoms with Gasteiger partial charge in [0, 0.05) is 24.1 Å². The standard InChI is InChI=1S/C17H23N3O/c1-6-21-14-9-7-13(8-10-14)15-12(4)17(18-5)20-16(19-15)11(2)3/h7-11H,6H2,1-5H3,(H,18,19,20). The molecule has 0 spiro atoms. The molecule has 0 radical (unpaired) electrons. The number of ether oxygens (including phenoxy) is 1. The zero-order valence-electron chi connectivity index (χ0n) is 13.4. The van der Waals surface area contributed by atoms with E-state index in [9.17, 15) is 0 Å². The lowest BCUT2D eigenvalue weighted by molar-refractivity contribution is 0.340. The van der Waals surface area contributed by atoms with Crippen molar-refractivity contribution in [1.82, 2.24) is 9.97 Å². The third-order valence-electron chi connectivity index (χ3n) is 3.36. The molecule has 0 bridgehead atoms. The Labute approximate surface area is 126 Å². The first-order valence-electron chi connectivity index (χ1n) is 7.36. The summed E-state index contributed by atoms with van der Waals surface area (Å²) < 4.78 is 5.49. The van der Waals surface area contributed by atoms with Crippen LogP contribution in [0.15, 0.2) is 24.3 Å². The molecular weight excluding hydrogens is 262 g/mol. The van der Waals surface area contributed by atoms with E-state index in [-0.39, 0.29) is 0 Å². The van der Waals surface area contributed by atoms with Crippen LogP contribution in [0.3, 0.4) is 0 Å². The van der Waals surface area contributed by atoms with Crippen LogP contribution in [0.2, 0.25) is 0 Å². The smallest absolute Gasteiger partial charge is 0.133 e. The molecule has 1 heterocycles. The van der Waals surface area contributed by atoms with Crippen molar-refractivity contribution in [2.24, 2.45) is 0 Å². The van der Waals surface area contributed by atoms with Crippen LogP contribution in [-0.2, 0) is 0 Å². The molecule has 1 aromatic heterocycles. The summed E-state index contributed by atoms with van der Waals surface area (Å²) in [7, 11) is 1.89. The molecule has 0 fully saturated rings. The first kappa shape index (κ1) is 15.3. The van der Waals surface area contributed by atoms with E-state index in [2.05, 4.69) is 24.1 Å². The Morgan fingerprint density at radius 3 is 2.33 bits per heavy atom. The highest BCUT2D eigenvalue weighted by molar-refractivity contribution is 5.68. The summed E-state index contributed by atoms with van der Waals surface area (Å²) in [5.74, 6) is 2.91. The van der Waals surface area contributed by atoms with Gasteiger partial charge in [-0.25, -0.2) is 9.97 Å². The predicted molar refractivity (Wildman–Crippen MR) is 87.0 cm³/mol. The number of nitrogens with zero attached hydrogens (tertiary/aromatic N) is 2. The summed E-state index contributed by atoms with van der Waals surface area (Å²) in [5, 5.41) is 3.16. The molecule has 2 aromatic rings. The second kappa shape index (κ2) is 6.57. The molecule has 2 rings (SSSR count). The van der Waals surface area contributed by atoms with Crippen LogP contribution < -0.4 is 10.1 Å². The Morgan fingerprint density at radius 2 is 1.81 bits per heavy atom. The molecule has 0 aliphatic rings. The maximum atomic E-state index is 5.49.